The van der Waals surface area contributed by atoms with Crippen molar-refractivity contribution < 1.29 is 9.53 Å². The highest BCUT2D eigenvalue weighted by Crippen LogP contribution is 2.30. The molecule has 0 bridgehead atoms. The summed E-state index contributed by atoms with van der Waals surface area (Å²) in [5.41, 5.74) is 0.500. The molecule has 0 saturated carbocycles. The molecule has 0 amide bonds. The summed E-state index contributed by atoms with van der Waals surface area (Å²) < 4.78 is 5.70. The van der Waals surface area contributed by atoms with Gasteiger partial charge >= 0.3 is 0 Å². The zero-order valence-electron chi connectivity index (χ0n) is 9.24. The number of thiophene rings is 1. The smallest absolute Gasteiger partial charge is 0.231 e. The van der Waals surface area contributed by atoms with Gasteiger partial charge in [-0.25, -0.2) is 9.97 Å². The van der Waals surface area contributed by atoms with Gasteiger partial charge in [-0.3, -0.25) is 4.79 Å². The summed E-state index contributed by atoms with van der Waals surface area (Å²) in [7, 11) is 0. The van der Waals surface area contributed by atoms with E-state index >= 15 is 0 Å². The van der Waals surface area contributed by atoms with Crippen LogP contribution in [0.2, 0.25) is 0 Å². The van der Waals surface area contributed by atoms with Gasteiger partial charge in [-0.1, -0.05) is 12.1 Å². The number of carbonyl (C=O) groups excluding carboxylic acids is 1. The molecule has 0 aliphatic rings. The first-order chi connectivity index (χ1) is 8.88. The van der Waals surface area contributed by atoms with Gasteiger partial charge in [-0.2, -0.15) is 0 Å². The number of hydrogen-bond donors (Lipinski definition) is 0. The quantitative estimate of drug-likeness (QED) is 0.675. The minimum absolute atomic E-state index is 0.468. The van der Waals surface area contributed by atoms with Crippen LogP contribution in [0, 0.1) is 0 Å². The van der Waals surface area contributed by atoms with Crippen molar-refractivity contribution in [2.45, 2.75) is 0 Å². The first-order valence-corrected chi connectivity index (χ1v) is 6.17. The van der Waals surface area contributed by atoms with Crippen LogP contribution in [-0.2, 0) is 0 Å². The number of aldehydes is 1. The van der Waals surface area contributed by atoms with E-state index in [0.717, 1.165) is 16.5 Å². The highest BCUT2D eigenvalue weighted by molar-refractivity contribution is 7.16. The fourth-order valence-electron chi connectivity index (χ4n) is 1.62. The Balaban J connectivity index is 2.06. The van der Waals surface area contributed by atoms with Crippen molar-refractivity contribution >= 4 is 27.8 Å². The van der Waals surface area contributed by atoms with Crippen molar-refractivity contribution in [2.24, 2.45) is 0 Å². The van der Waals surface area contributed by atoms with Crippen LogP contribution in [0.3, 0.4) is 0 Å². The van der Waals surface area contributed by atoms with E-state index in [-0.39, 0.29) is 0 Å². The summed E-state index contributed by atoms with van der Waals surface area (Å²) in [6.45, 7) is 0. The maximum Gasteiger partial charge on any atom is 0.231 e. The molecule has 0 aliphatic heterocycles. The zero-order chi connectivity index (χ0) is 12.4. The SMILES string of the molecule is O=Cc1ccccc1Oc1ncnc2sccc12. The Kier molecular flexibility index (Phi) is 2.74. The van der Waals surface area contributed by atoms with Crippen LogP contribution >= 0.6 is 11.3 Å². The predicted molar refractivity (Wildman–Crippen MR) is 69.3 cm³/mol. The molecule has 0 aliphatic carbocycles. The summed E-state index contributed by atoms with van der Waals surface area (Å²) in [6.07, 6.45) is 2.22. The van der Waals surface area contributed by atoms with Crippen molar-refractivity contribution in [1.29, 1.82) is 0 Å². The van der Waals surface area contributed by atoms with Crippen molar-refractivity contribution in [1.82, 2.24) is 9.97 Å². The van der Waals surface area contributed by atoms with Gasteiger partial charge < -0.3 is 4.74 Å². The van der Waals surface area contributed by atoms with Gasteiger partial charge in [0.05, 0.1) is 10.9 Å². The average molecular weight is 256 g/mol. The standard InChI is InChI=1S/C13H8N2O2S/c16-7-9-3-1-2-4-11(9)17-12-10-5-6-18-13(10)15-8-14-12/h1-8H. The first-order valence-electron chi connectivity index (χ1n) is 5.29. The molecule has 1 aromatic carbocycles. The van der Waals surface area contributed by atoms with Crippen LogP contribution in [0.1, 0.15) is 10.4 Å². The Morgan fingerprint density at radius 1 is 1.17 bits per heavy atom. The third-order valence-corrected chi connectivity index (χ3v) is 3.30. The Labute approximate surface area is 107 Å². The molecule has 2 heterocycles. The predicted octanol–water partition coefficient (Wildman–Crippen LogP) is 3.30. The Morgan fingerprint density at radius 3 is 2.94 bits per heavy atom. The van der Waals surface area contributed by atoms with Crippen LogP contribution in [0.4, 0.5) is 0 Å². The molecule has 0 fully saturated rings. The van der Waals surface area contributed by atoms with E-state index in [4.69, 9.17) is 4.74 Å². The van der Waals surface area contributed by atoms with Gasteiger partial charge in [-0.05, 0) is 23.6 Å². The molecule has 0 saturated heterocycles. The normalized spacial score (nSPS) is 10.4. The number of fused-ring (bicyclic) bond motifs is 1. The Bertz CT molecular complexity index is 709. The van der Waals surface area contributed by atoms with Crippen LogP contribution in [-0.4, -0.2) is 16.3 Å². The molecule has 0 atom stereocenters. The van der Waals surface area contributed by atoms with Crippen molar-refractivity contribution in [3.63, 3.8) is 0 Å². The summed E-state index contributed by atoms with van der Waals surface area (Å²) in [6, 6.07) is 8.95. The number of ether oxygens (including phenoxy) is 1. The van der Waals surface area contributed by atoms with E-state index in [2.05, 4.69) is 9.97 Å². The van der Waals surface area contributed by atoms with Crippen LogP contribution in [0.25, 0.3) is 10.2 Å². The molecule has 5 heteroatoms. The maximum absolute atomic E-state index is 10.9. The molecule has 88 valence electrons. The molecule has 0 unspecified atom stereocenters. The minimum atomic E-state index is 0.468. The second-order valence-electron chi connectivity index (χ2n) is 3.58. The van der Waals surface area contributed by atoms with Crippen molar-refractivity contribution in [3.8, 4) is 11.6 Å². The van der Waals surface area contributed by atoms with Crippen molar-refractivity contribution in [3.05, 3.63) is 47.6 Å². The van der Waals surface area contributed by atoms with Gasteiger partial charge in [0.15, 0.2) is 6.29 Å². The molecular weight excluding hydrogens is 248 g/mol. The average Bonchev–Trinajstić information content (AvgIpc) is 2.89. The van der Waals surface area contributed by atoms with E-state index in [9.17, 15) is 4.79 Å². The third-order valence-electron chi connectivity index (χ3n) is 2.48. The second kappa shape index (κ2) is 4.54. The van der Waals surface area contributed by atoms with E-state index in [1.54, 1.807) is 18.2 Å². The first kappa shape index (κ1) is 10.9. The van der Waals surface area contributed by atoms with E-state index < -0.39 is 0 Å². The molecule has 4 nitrogen and oxygen atoms in total. The van der Waals surface area contributed by atoms with E-state index in [1.807, 2.05) is 17.5 Å². The number of hydrogen-bond acceptors (Lipinski definition) is 5. The zero-order valence-corrected chi connectivity index (χ0v) is 10.1. The molecule has 0 radical (unpaired) electrons. The lowest BCUT2D eigenvalue weighted by Crippen LogP contribution is -1.93. The van der Waals surface area contributed by atoms with Gasteiger partial charge in [-0.15, -0.1) is 11.3 Å². The lowest BCUT2D eigenvalue weighted by Gasteiger charge is -2.06. The number of nitrogens with zero attached hydrogens (tertiary/aromatic N) is 2. The van der Waals surface area contributed by atoms with Crippen LogP contribution in [0.5, 0.6) is 11.6 Å². The lowest BCUT2D eigenvalue weighted by atomic mass is 10.2. The highest BCUT2D eigenvalue weighted by Gasteiger charge is 2.09. The number of rotatable bonds is 3. The molecular formula is C13H8N2O2S. The van der Waals surface area contributed by atoms with E-state index in [0.29, 0.717) is 17.2 Å². The maximum atomic E-state index is 10.9. The molecule has 0 spiro atoms. The number of carbonyl (C=O) groups is 1. The Hall–Kier alpha value is -2.27. The largest absolute Gasteiger partial charge is 0.437 e. The summed E-state index contributed by atoms with van der Waals surface area (Å²) in [5.74, 6) is 0.967. The second-order valence-corrected chi connectivity index (χ2v) is 4.47. The number of benzene rings is 1. The van der Waals surface area contributed by atoms with Crippen LogP contribution in [0.15, 0.2) is 42.0 Å². The van der Waals surface area contributed by atoms with Gasteiger partial charge in [0.1, 0.15) is 16.9 Å². The minimum Gasteiger partial charge on any atom is -0.437 e. The monoisotopic (exact) mass is 256 g/mol. The fourth-order valence-corrected chi connectivity index (χ4v) is 2.35. The summed E-state index contributed by atoms with van der Waals surface area (Å²) in [4.78, 5) is 20.0. The topological polar surface area (TPSA) is 52.1 Å². The third kappa shape index (κ3) is 1.84. The van der Waals surface area contributed by atoms with Gasteiger partial charge in [0.2, 0.25) is 5.88 Å². The van der Waals surface area contributed by atoms with Gasteiger partial charge in [0, 0.05) is 0 Å². The number of para-hydroxylation sites is 1. The number of aromatic nitrogens is 2. The molecule has 2 aromatic heterocycles. The highest BCUT2D eigenvalue weighted by atomic mass is 32.1. The molecule has 3 rings (SSSR count). The Morgan fingerprint density at radius 2 is 2.06 bits per heavy atom. The summed E-state index contributed by atoms with van der Waals surface area (Å²) >= 11 is 1.52. The van der Waals surface area contributed by atoms with E-state index in [1.165, 1.54) is 17.7 Å². The molecule has 3 aromatic rings. The molecule has 18 heavy (non-hydrogen) atoms. The van der Waals surface area contributed by atoms with Crippen molar-refractivity contribution in [2.75, 3.05) is 0 Å². The summed E-state index contributed by atoms with van der Waals surface area (Å²) in [5, 5.41) is 2.78. The van der Waals surface area contributed by atoms with Crippen LogP contribution < -0.4 is 4.74 Å². The lowest BCUT2D eigenvalue weighted by molar-refractivity contribution is 0.112. The van der Waals surface area contributed by atoms with Gasteiger partial charge in [0.25, 0.3) is 0 Å². The molecule has 0 N–H and O–H groups in total. The fraction of sp³-hybridized carbons (Fsp3) is 0.